The molecule has 0 radical (unpaired) electrons. The second-order valence-electron chi connectivity index (χ2n) is 13.6. The number of likely N-dealkylation sites (tertiary alicyclic amines) is 2. The van der Waals surface area contributed by atoms with Crippen LogP contribution in [0.1, 0.15) is 24.0 Å². The molecule has 4 heterocycles. The fourth-order valence-corrected chi connectivity index (χ4v) is 6.82. The van der Waals surface area contributed by atoms with E-state index >= 15 is 0 Å². The van der Waals surface area contributed by atoms with Crippen LogP contribution < -0.4 is 9.47 Å². The molecule has 0 bridgehead atoms. The summed E-state index contributed by atoms with van der Waals surface area (Å²) >= 11 is 0. The molecule has 0 aliphatic carbocycles. The lowest BCUT2D eigenvalue weighted by Gasteiger charge is -2.29. The largest absolute Gasteiger partial charge is 0.513 e. The van der Waals surface area contributed by atoms with Gasteiger partial charge in [0, 0.05) is 73.5 Å². The lowest BCUT2D eigenvalue weighted by molar-refractivity contribution is 0.0755. The second kappa shape index (κ2) is 16.5. The highest BCUT2D eigenvalue weighted by molar-refractivity contribution is 5.91. The van der Waals surface area contributed by atoms with Crippen molar-refractivity contribution in [1.29, 1.82) is 0 Å². The molecule has 2 fully saturated rings. The average molecular weight is 675 g/mol. The fourth-order valence-electron chi connectivity index (χ4n) is 6.82. The summed E-state index contributed by atoms with van der Waals surface area (Å²) in [5.74, 6) is 1.58. The van der Waals surface area contributed by atoms with Gasteiger partial charge in [0.05, 0.1) is 0 Å². The van der Waals surface area contributed by atoms with Gasteiger partial charge in [-0.3, -0.25) is 9.80 Å². The maximum absolute atomic E-state index is 12.6. The van der Waals surface area contributed by atoms with Gasteiger partial charge in [0.15, 0.2) is 0 Å². The number of benzene rings is 2. The van der Waals surface area contributed by atoms with Crippen molar-refractivity contribution in [3.8, 4) is 11.5 Å². The molecule has 0 amide bonds. The minimum absolute atomic E-state index is 0.287. The lowest BCUT2D eigenvalue weighted by atomic mass is 10.1. The van der Waals surface area contributed by atoms with E-state index in [4.69, 9.17) is 18.9 Å². The van der Waals surface area contributed by atoms with Crippen molar-refractivity contribution in [3.05, 3.63) is 59.9 Å². The monoisotopic (exact) mass is 674 g/mol. The summed E-state index contributed by atoms with van der Waals surface area (Å²) in [6, 6.07) is 11.4. The number of nitrogens with one attached hydrogen (secondary N) is 2. The van der Waals surface area contributed by atoms with Gasteiger partial charge >= 0.3 is 12.3 Å². The van der Waals surface area contributed by atoms with Crippen molar-refractivity contribution in [3.63, 3.8) is 0 Å². The highest BCUT2D eigenvalue weighted by Gasteiger charge is 2.24. The smallest absolute Gasteiger partial charge is 0.433 e. The van der Waals surface area contributed by atoms with E-state index in [-0.39, 0.29) is 6.61 Å². The van der Waals surface area contributed by atoms with Gasteiger partial charge in [-0.1, -0.05) is 12.1 Å². The minimum atomic E-state index is -0.674. The molecule has 2 aliphatic heterocycles. The molecule has 1 unspecified atom stereocenters. The van der Waals surface area contributed by atoms with Gasteiger partial charge in [0.2, 0.25) is 0 Å². The average Bonchev–Trinajstić information content (AvgIpc) is 3.79. The van der Waals surface area contributed by atoms with Gasteiger partial charge in [0.1, 0.15) is 24.7 Å². The fraction of sp³-hybridized carbons (Fsp3) is 0.514. The Labute approximate surface area is 288 Å². The first-order valence-electron chi connectivity index (χ1n) is 17.5. The van der Waals surface area contributed by atoms with Gasteiger partial charge in [-0.25, -0.2) is 9.59 Å². The molecule has 2 aromatic carbocycles. The van der Waals surface area contributed by atoms with Gasteiger partial charge in [0.25, 0.3) is 0 Å². The van der Waals surface area contributed by atoms with Crippen molar-refractivity contribution >= 4 is 34.1 Å². The quantitative estimate of drug-likeness (QED) is 0.125. The number of carbonyl (C=O) groups excluding carboxylic acids is 2. The lowest BCUT2D eigenvalue weighted by Crippen LogP contribution is -2.39. The first-order chi connectivity index (χ1) is 23.8. The maximum Gasteiger partial charge on any atom is 0.513 e. The van der Waals surface area contributed by atoms with Crippen LogP contribution in [-0.4, -0.2) is 135 Å². The van der Waals surface area contributed by atoms with Crippen LogP contribution in [0, 0.1) is 5.92 Å². The molecule has 49 heavy (non-hydrogen) atoms. The van der Waals surface area contributed by atoms with E-state index in [1.165, 1.54) is 6.42 Å². The molecular formula is C37H50N6O6. The van der Waals surface area contributed by atoms with Crippen molar-refractivity contribution < 1.29 is 28.5 Å². The van der Waals surface area contributed by atoms with Crippen LogP contribution in [0.4, 0.5) is 9.59 Å². The Balaban J connectivity index is 0.914. The van der Waals surface area contributed by atoms with Crippen LogP contribution >= 0.6 is 0 Å². The zero-order valence-corrected chi connectivity index (χ0v) is 29.0. The number of rotatable bonds is 16. The van der Waals surface area contributed by atoms with Crippen LogP contribution in [0.25, 0.3) is 21.8 Å². The number of carbonyl (C=O) groups is 2. The van der Waals surface area contributed by atoms with Crippen LogP contribution in [0.5, 0.6) is 11.5 Å². The highest BCUT2D eigenvalue weighted by atomic mass is 16.7. The molecule has 0 spiro atoms. The molecule has 2 N–H and O–H groups in total. The summed E-state index contributed by atoms with van der Waals surface area (Å²) < 4.78 is 22.1. The van der Waals surface area contributed by atoms with Crippen LogP contribution in [0.15, 0.2) is 48.8 Å². The van der Waals surface area contributed by atoms with E-state index in [0.717, 1.165) is 105 Å². The van der Waals surface area contributed by atoms with Gasteiger partial charge < -0.3 is 38.7 Å². The summed E-state index contributed by atoms with van der Waals surface area (Å²) in [5.41, 5.74) is 4.11. The molecule has 6 rings (SSSR count). The molecule has 2 saturated heterocycles. The summed E-state index contributed by atoms with van der Waals surface area (Å²) in [6.07, 6.45) is 6.63. The summed E-state index contributed by atoms with van der Waals surface area (Å²) in [6.45, 7) is 8.87. The first kappa shape index (κ1) is 34.8. The standard InChI is InChI=1S/C37H50N6O6/c1-40(2)16-12-28-23-38-30-7-4-9-32(34(28)30)48-37(45)47-22-20-43-18-11-27(26-43)25-41(3)17-13-29-24-39-31-8-5-10-33(35(29)31)49-36(44)46-21-19-42-14-6-15-42/h4-5,7-10,23-24,27,38-39H,6,11-22,25-26H2,1-3H3. The molecule has 12 heteroatoms. The SMILES string of the molecule is CN(C)CCc1c[nH]c2cccc(OC(=O)OCCN3CCC(CN(C)CCc4c[nH]c5cccc(OC(=O)OCCN6CCC6)c45)C3)c12. The van der Waals surface area contributed by atoms with Gasteiger partial charge in [-0.15, -0.1) is 0 Å². The Morgan fingerprint density at radius 2 is 1.35 bits per heavy atom. The molecular weight excluding hydrogens is 624 g/mol. The van der Waals surface area contributed by atoms with Crippen molar-refractivity contribution in [2.45, 2.75) is 25.7 Å². The van der Waals surface area contributed by atoms with Crippen molar-refractivity contribution in [1.82, 2.24) is 29.6 Å². The third-order valence-electron chi connectivity index (χ3n) is 9.62. The van der Waals surface area contributed by atoms with Crippen molar-refractivity contribution in [2.24, 2.45) is 5.92 Å². The molecule has 2 aromatic heterocycles. The predicted octanol–water partition coefficient (Wildman–Crippen LogP) is 4.99. The summed E-state index contributed by atoms with van der Waals surface area (Å²) in [7, 11) is 6.24. The number of ether oxygens (including phenoxy) is 4. The van der Waals surface area contributed by atoms with Gasteiger partial charge in [-0.2, -0.15) is 0 Å². The minimum Gasteiger partial charge on any atom is -0.433 e. The third-order valence-corrected chi connectivity index (χ3v) is 9.62. The zero-order valence-electron chi connectivity index (χ0n) is 29.0. The number of nitrogens with zero attached hydrogens (tertiary/aromatic N) is 4. The van der Waals surface area contributed by atoms with Crippen LogP contribution in [-0.2, 0) is 22.3 Å². The summed E-state index contributed by atoms with van der Waals surface area (Å²) in [5, 5.41) is 1.86. The Hall–Kier alpha value is -4.10. The van der Waals surface area contributed by atoms with Crippen LogP contribution in [0.2, 0.25) is 0 Å². The zero-order chi connectivity index (χ0) is 34.2. The number of hydrogen-bond donors (Lipinski definition) is 2. The van der Waals surface area contributed by atoms with Crippen molar-refractivity contribution in [2.75, 3.05) is 93.3 Å². The molecule has 4 aromatic rings. The number of likely N-dealkylation sites (N-methyl/N-ethyl adjacent to an activating group) is 2. The number of fused-ring (bicyclic) bond motifs is 2. The number of hydrogen-bond acceptors (Lipinski definition) is 10. The molecule has 2 aliphatic rings. The Kier molecular flexibility index (Phi) is 11.7. The van der Waals surface area contributed by atoms with E-state index in [1.54, 1.807) is 0 Å². The van der Waals surface area contributed by atoms with Crippen LogP contribution in [0.3, 0.4) is 0 Å². The molecule has 264 valence electrons. The first-order valence-corrected chi connectivity index (χ1v) is 17.5. The van der Waals surface area contributed by atoms with E-state index in [9.17, 15) is 9.59 Å². The van der Waals surface area contributed by atoms with Gasteiger partial charge in [-0.05, 0) is 108 Å². The maximum atomic E-state index is 12.6. The number of aromatic amines is 2. The number of H-pyrrole nitrogens is 2. The second-order valence-corrected chi connectivity index (χ2v) is 13.6. The molecule has 0 saturated carbocycles. The molecule has 1 atom stereocenters. The highest BCUT2D eigenvalue weighted by Crippen LogP contribution is 2.31. The molecule has 12 nitrogen and oxygen atoms in total. The third kappa shape index (κ3) is 9.33. The summed E-state index contributed by atoms with van der Waals surface area (Å²) in [4.78, 5) is 40.7. The normalized spacial score (nSPS) is 16.9. The Morgan fingerprint density at radius 1 is 0.776 bits per heavy atom. The topological polar surface area (TPSA) is 116 Å². The van der Waals surface area contributed by atoms with E-state index < -0.39 is 12.3 Å². The van der Waals surface area contributed by atoms with E-state index in [0.29, 0.717) is 30.6 Å². The Morgan fingerprint density at radius 3 is 1.90 bits per heavy atom. The van der Waals surface area contributed by atoms with E-state index in [2.05, 4.69) is 36.6 Å². The number of aromatic nitrogens is 2. The Bertz CT molecular complexity index is 1700. The van der Waals surface area contributed by atoms with E-state index in [1.807, 2.05) is 62.9 Å². The predicted molar refractivity (Wildman–Crippen MR) is 190 cm³/mol.